The largest absolute Gasteiger partial charge is 0.514 e. The van der Waals surface area contributed by atoms with E-state index in [1.807, 2.05) is 0 Å². The predicted molar refractivity (Wildman–Crippen MR) is 157 cm³/mol. The number of benzene rings is 1. The quantitative estimate of drug-likeness (QED) is 0.0722. The van der Waals surface area contributed by atoms with Crippen LogP contribution in [0.2, 0.25) is 0 Å². The number of hydrogen-bond acceptors (Lipinski definition) is 5. The van der Waals surface area contributed by atoms with Gasteiger partial charge in [-0.15, -0.1) is 0 Å². The van der Waals surface area contributed by atoms with Gasteiger partial charge in [0.25, 0.3) is 5.69 Å². The van der Waals surface area contributed by atoms with Crippen molar-refractivity contribution in [3.05, 3.63) is 46.0 Å². The molecule has 0 saturated heterocycles. The zero-order valence-corrected chi connectivity index (χ0v) is 24.9. The predicted octanol–water partition coefficient (Wildman–Crippen LogP) is 9.81. The van der Waals surface area contributed by atoms with Crippen molar-refractivity contribution < 1.29 is 19.2 Å². The number of hydrogen-bond donors (Lipinski definition) is 0. The number of carbonyl (C=O) groups excluding carboxylic acids is 1. The summed E-state index contributed by atoms with van der Waals surface area (Å²) in [7, 11) is 0. The highest BCUT2D eigenvalue weighted by atomic mass is 16.7. The Kier molecular flexibility index (Phi) is 8.92. The van der Waals surface area contributed by atoms with E-state index < -0.39 is 11.1 Å². The molecule has 5 rings (SSSR count). The SMILES string of the molecule is CCCCCCCC[C@@H]1CC[C@@H]2[C@@H]3CC=C4C[C@@H](OC(=O)Oc5ccc([N+](=O)[O-])cc5)CC[C@]4(C)[C@@H]3CC[C@]12C. The molecule has 3 saturated carbocycles. The third-order valence-corrected chi connectivity index (χ3v) is 11.7. The third-order valence-electron chi connectivity index (χ3n) is 11.7. The maximum atomic E-state index is 12.5. The minimum absolute atomic E-state index is 0.0382. The monoisotopic (exact) mass is 551 g/mol. The summed E-state index contributed by atoms with van der Waals surface area (Å²) in [6.45, 7) is 7.43. The molecule has 4 aliphatic rings. The lowest BCUT2D eigenvalue weighted by molar-refractivity contribution is -0.384. The average Bonchev–Trinajstić information content (AvgIpc) is 3.27. The Labute approximate surface area is 240 Å². The average molecular weight is 552 g/mol. The molecule has 7 atom stereocenters. The summed E-state index contributed by atoms with van der Waals surface area (Å²) < 4.78 is 11.1. The van der Waals surface area contributed by atoms with Crippen molar-refractivity contribution in [2.45, 2.75) is 123 Å². The summed E-state index contributed by atoms with van der Waals surface area (Å²) in [6.07, 6.45) is 20.9. The van der Waals surface area contributed by atoms with E-state index >= 15 is 0 Å². The van der Waals surface area contributed by atoms with Crippen LogP contribution in [0.4, 0.5) is 10.5 Å². The number of ether oxygens (including phenoxy) is 2. The second kappa shape index (κ2) is 12.2. The molecular formula is C34H49NO5. The summed E-state index contributed by atoms with van der Waals surface area (Å²) in [6, 6.07) is 5.51. The lowest BCUT2D eigenvalue weighted by Crippen LogP contribution is -2.50. The first-order valence-corrected chi connectivity index (χ1v) is 16.1. The molecule has 1 aromatic carbocycles. The van der Waals surface area contributed by atoms with Gasteiger partial charge >= 0.3 is 6.16 Å². The van der Waals surface area contributed by atoms with E-state index in [-0.39, 0.29) is 23.0 Å². The summed E-state index contributed by atoms with van der Waals surface area (Å²) in [4.78, 5) is 22.9. The molecule has 0 aliphatic heterocycles. The van der Waals surface area contributed by atoms with E-state index in [1.165, 1.54) is 107 Å². The maximum absolute atomic E-state index is 12.5. The molecule has 0 bridgehead atoms. The zero-order chi connectivity index (χ0) is 28.3. The summed E-state index contributed by atoms with van der Waals surface area (Å²) in [5.41, 5.74) is 2.18. The molecule has 0 radical (unpaired) electrons. The molecule has 0 amide bonds. The Bertz CT molecular complexity index is 1080. The van der Waals surface area contributed by atoms with Gasteiger partial charge < -0.3 is 9.47 Å². The molecule has 0 spiro atoms. The Morgan fingerprint density at radius 3 is 2.48 bits per heavy atom. The number of nitro groups is 1. The molecule has 6 nitrogen and oxygen atoms in total. The highest BCUT2D eigenvalue weighted by Crippen LogP contribution is 2.66. The van der Waals surface area contributed by atoms with Crippen molar-refractivity contribution >= 4 is 11.8 Å². The van der Waals surface area contributed by atoms with E-state index in [0.29, 0.717) is 5.41 Å². The number of nitro benzene ring substituents is 1. The molecule has 0 aromatic heterocycles. The summed E-state index contributed by atoms with van der Waals surface area (Å²) in [5, 5.41) is 10.9. The minimum Gasteiger partial charge on any atom is -0.430 e. The van der Waals surface area contributed by atoms with Crippen LogP contribution in [-0.2, 0) is 4.74 Å². The van der Waals surface area contributed by atoms with E-state index in [9.17, 15) is 14.9 Å². The summed E-state index contributed by atoms with van der Waals surface area (Å²) in [5.74, 6) is 3.57. The lowest BCUT2D eigenvalue weighted by Gasteiger charge is -2.58. The number of nitrogens with zero attached hydrogens (tertiary/aromatic N) is 1. The normalized spacial score (nSPS) is 34.7. The zero-order valence-electron chi connectivity index (χ0n) is 24.9. The van der Waals surface area contributed by atoms with E-state index in [2.05, 4.69) is 26.8 Å². The molecule has 1 aromatic rings. The first-order chi connectivity index (χ1) is 19.2. The highest BCUT2D eigenvalue weighted by molar-refractivity contribution is 5.64. The Morgan fingerprint density at radius 1 is 0.975 bits per heavy atom. The van der Waals surface area contributed by atoms with Gasteiger partial charge in [-0.25, -0.2) is 4.79 Å². The van der Waals surface area contributed by atoms with Gasteiger partial charge in [0.1, 0.15) is 11.9 Å². The van der Waals surface area contributed by atoms with Crippen LogP contribution in [-0.4, -0.2) is 17.2 Å². The van der Waals surface area contributed by atoms with Gasteiger partial charge in [-0.3, -0.25) is 10.1 Å². The van der Waals surface area contributed by atoms with Crippen LogP contribution in [0.3, 0.4) is 0 Å². The molecule has 4 aliphatic carbocycles. The number of carbonyl (C=O) groups is 1. The van der Waals surface area contributed by atoms with Crippen LogP contribution in [0.1, 0.15) is 117 Å². The van der Waals surface area contributed by atoms with Gasteiger partial charge in [0.2, 0.25) is 0 Å². The van der Waals surface area contributed by atoms with Gasteiger partial charge in [0, 0.05) is 18.6 Å². The number of rotatable bonds is 10. The molecule has 0 heterocycles. The molecule has 3 fully saturated rings. The van der Waals surface area contributed by atoms with Crippen LogP contribution in [0, 0.1) is 44.6 Å². The van der Waals surface area contributed by atoms with Crippen molar-refractivity contribution in [2.24, 2.45) is 34.5 Å². The Hall–Kier alpha value is -2.37. The highest BCUT2D eigenvalue weighted by Gasteiger charge is 2.58. The molecular weight excluding hydrogens is 502 g/mol. The fourth-order valence-electron chi connectivity index (χ4n) is 9.37. The van der Waals surface area contributed by atoms with Crippen molar-refractivity contribution in [3.8, 4) is 5.75 Å². The van der Waals surface area contributed by atoms with Crippen LogP contribution in [0.25, 0.3) is 0 Å². The van der Waals surface area contributed by atoms with Gasteiger partial charge in [-0.05, 0) is 98.0 Å². The Balaban J connectivity index is 1.16. The fraction of sp³-hybridized carbons (Fsp3) is 0.735. The van der Waals surface area contributed by atoms with Gasteiger partial charge in [0.05, 0.1) is 4.92 Å². The van der Waals surface area contributed by atoms with E-state index in [4.69, 9.17) is 9.47 Å². The third kappa shape index (κ3) is 5.83. The van der Waals surface area contributed by atoms with E-state index in [0.717, 1.165) is 42.9 Å². The second-order valence-electron chi connectivity index (χ2n) is 13.7. The van der Waals surface area contributed by atoms with Crippen LogP contribution in [0.5, 0.6) is 5.75 Å². The number of unbranched alkanes of at least 4 members (excludes halogenated alkanes) is 5. The summed E-state index contributed by atoms with van der Waals surface area (Å²) >= 11 is 0. The molecule has 220 valence electrons. The number of non-ortho nitro benzene ring substituents is 1. The van der Waals surface area contributed by atoms with Gasteiger partial charge in [0.15, 0.2) is 0 Å². The van der Waals surface area contributed by atoms with Crippen molar-refractivity contribution in [1.29, 1.82) is 0 Å². The second-order valence-corrected chi connectivity index (χ2v) is 13.7. The number of allylic oxidation sites excluding steroid dienone is 1. The molecule has 6 heteroatoms. The standard InChI is InChI=1S/C34H49NO5/c1-4-5-6-7-8-9-10-24-12-18-30-29-17-11-25-23-28(19-21-34(25,3)31(29)20-22-33(24,30)2)40-32(36)39-27-15-13-26(14-16-27)35(37)38/h11,13-16,24,28-31H,4-10,12,17-23H2,1-3H3/t24-,28+,29+,30-,31-,33-,34+/m1/s1. The van der Waals surface area contributed by atoms with E-state index in [1.54, 1.807) is 0 Å². The van der Waals surface area contributed by atoms with Crippen molar-refractivity contribution in [2.75, 3.05) is 0 Å². The fourth-order valence-corrected chi connectivity index (χ4v) is 9.37. The lowest BCUT2D eigenvalue weighted by atomic mass is 9.47. The van der Waals surface area contributed by atoms with Gasteiger partial charge in [-0.2, -0.15) is 0 Å². The Morgan fingerprint density at radius 2 is 1.73 bits per heavy atom. The number of fused-ring (bicyclic) bond motifs is 5. The maximum Gasteiger partial charge on any atom is 0.514 e. The molecule has 0 N–H and O–H groups in total. The first-order valence-electron chi connectivity index (χ1n) is 16.1. The van der Waals surface area contributed by atoms with Gasteiger partial charge in [-0.1, -0.05) is 70.9 Å². The topological polar surface area (TPSA) is 78.7 Å². The van der Waals surface area contributed by atoms with Crippen molar-refractivity contribution in [3.63, 3.8) is 0 Å². The smallest absolute Gasteiger partial charge is 0.430 e. The van der Waals surface area contributed by atoms with Crippen LogP contribution >= 0.6 is 0 Å². The first kappa shape index (κ1) is 29.1. The van der Waals surface area contributed by atoms with Crippen LogP contribution < -0.4 is 4.74 Å². The molecule has 40 heavy (non-hydrogen) atoms. The van der Waals surface area contributed by atoms with Crippen molar-refractivity contribution in [1.82, 2.24) is 0 Å². The molecule has 0 unspecified atom stereocenters. The van der Waals surface area contributed by atoms with Crippen LogP contribution in [0.15, 0.2) is 35.9 Å². The minimum atomic E-state index is -0.729.